The molecule has 0 unspecified atom stereocenters. The predicted octanol–water partition coefficient (Wildman–Crippen LogP) is 14.8. The summed E-state index contributed by atoms with van der Waals surface area (Å²) in [5.74, 6) is 0. The number of benzene rings is 11. The van der Waals surface area contributed by atoms with Crippen molar-refractivity contribution in [2.24, 2.45) is 0 Å². The van der Waals surface area contributed by atoms with E-state index in [1.54, 1.807) is 0 Å². The van der Waals surface area contributed by atoms with E-state index < -0.39 is 0 Å². The molecule has 0 amide bonds. The first-order chi connectivity index (χ1) is 25.8. The van der Waals surface area contributed by atoms with Crippen molar-refractivity contribution in [3.8, 4) is 33.4 Å². The van der Waals surface area contributed by atoms with Crippen LogP contribution in [0.3, 0.4) is 0 Å². The highest BCUT2D eigenvalue weighted by Gasteiger charge is 2.15. The fourth-order valence-electron chi connectivity index (χ4n) is 8.66. The van der Waals surface area contributed by atoms with E-state index in [1.807, 2.05) is 0 Å². The molecule has 0 saturated heterocycles. The van der Waals surface area contributed by atoms with Crippen molar-refractivity contribution in [1.82, 2.24) is 0 Å². The van der Waals surface area contributed by atoms with Gasteiger partial charge in [-0.1, -0.05) is 176 Å². The Labute approximate surface area is 301 Å². The van der Waals surface area contributed by atoms with Crippen molar-refractivity contribution in [2.75, 3.05) is 0 Å². The largest absolute Gasteiger partial charge is 0.0616 e. The maximum absolute atomic E-state index is 2.40. The molecule has 11 aromatic rings. The van der Waals surface area contributed by atoms with Gasteiger partial charge in [0.2, 0.25) is 0 Å². The minimum Gasteiger partial charge on any atom is -0.0616 e. The van der Waals surface area contributed by atoms with Gasteiger partial charge >= 0.3 is 0 Å². The SMILES string of the molecule is c1ccc2c(-c3ccc(-c4ccc5c(ccc6cc(-c7cc8ccc9ccccc9c8c8c7ccc7ccccc78)ccc65)c4)cc3)cccc2c1. The van der Waals surface area contributed by atoms with Gasteiger partial charge < -0.3 is 0 Å². The molecule has 52 heavy (non-hydrogen) atoms. The molecule has 0 aromatic heterocycles. The Bertz CT molecular complexity index is 3210. The molecular formula is C52H32. The Balaban J connectivity index is 1.02. The second kappa shape index (κ2) is 11.4. The van der Waals surface area contributed by atoms with Gasteiger partial charge in [0.25, 0.3) is 0 Å². The van der Waals surface area contributed by atoms with E-state index in [4.69, 9.17) is 0 Å². The molecule has 0 aliphatic heterocycles. The zero-order valence-electron chi connectivity index (χ0n) is 28.5. The molecule has 0 saturated carbocycles. The van der Waals surface area contributed by atoms with Gasteiger partial charge in [-0.05, 0) is 127 Å². The third-order valence-electron chi connectivity index (χ3n) is 11.2. The van der Waals surface area contributed by atoms with E-state index in [0.29, 0.717) is 0 Å². The van der Waals surface area contributed by atoms with Gasteiger partial charge in [0, 0.05) is 0 Å². The summed E-state index contributed by atoms with van der Waals surface area (Å²) in [5, 5.41) is 18.0. The predicted molar refractivity (Wildman–Crippen MR) is 225 cm³/mol. The smallest absolute Gasteiger partial charge is 0.00143 e. The van der Waals surface area contributed by atoms with Crippen LogP contribution in [0.4, 0.5) is 0 Å². The highest BCUT2D eigenvalue weighted by atomic mass is 14.2. The summed E-state index contributed by atoms with van der Waals surface area (Å²) >= 11 is 0. The van der Waals surface area contributed by atoms with Crippen molar-refractivity contribution < 1.29 is 0 Å². The molecular weight excluding hydrogens is 625 g/mol. The Hall–Kier alpha value is -6.76. The first-order valence-corrected chi connectivity index (χ1v) is 18.1. The van der Waals surface area contributed by atoms with Crippen LogP contribution < -0.4 is 0 Å². The lowest BCUT2D eigenvalue weighted by atomic mass is 9.87. The summed E-state index contributed by atoms with van der Waals surface area (Å²) in [5.41, 5.74) is 7.48. The van der Waals surface area contributed by atoms with Crippen LogP contribution in [0.1, 0.15) is 0 Å². The molecule has 11 rings (SSSR count). The van der Waals surface area contributed by atoms with Crippen LogP contribution in [-0.4, -0.2) is 0 Å². The van der Waals surface area contributed by atoms with Gasteiger partial charge in [-0.3, -0.25) is 0 Å². The third kappa shape index (κ3) is 4.48. The first-order valence-electron chi connectivity index (χ1n) is 18.1. The third-order valence-corrected chi connectivity index (χ3v) is 11.2. The Morgan fingerprint density at radius 3 is 1.40 bits per heavy atom. The summed E-state index contributed by atoms with van der Waals surface area (Å²) < 4.78 is 0. The quantitative estimate of drug-likeness (QED) is 0.166. The highest BCUT2D eigenvalue weighted by Crippen LogP contribution is 2.43. The zero-order chi connectivity index (χ0) is 34.2. The van der Waals surface area contributed by atoms with Crippen LogP contribution in [0.5, 0.6) is 0 Å². The van der Waals surface area contributed by atoms with Crippen LogP contribution in [0.15, 0.2) is 194 Å². The summed E-state index contributed by atoms with van der Waals surface area (Å²) in [6.45, 7) is 0. The average Bonchev–Trinajstić information content (AvgIpc) is 3.22. The lowest BCUT2D eigenvalue weighted by Crippen LogP contribution is -1.89. The molecule has 0 heteroatoms. The average molecular weight is 657 g/mol. The topological polar surface area (TPSA) is 0 Å². The second-order valence-corrected chi connectivity index (χ2v) is 14.1. The fraction of sp³-hybridized carbons (Fsp3) is 0. The molecule has 11 aromatic carbocycles. The van der Waals surface area contributed by atoms with Gasteiger partial charge in [-0.2, -0.15) is 0 Å². The second-order valence-electron chi connectivity index (χ2n) is 14.1. The molecule has 0 bridgehead atoms. The van der Waals surface area contributed by atoms with Crippen molar-refractivity contribution in [3.05, 3.63) is 194 Å². The number of fused-ring (bicyclic) bond motifs is 11. The van der Waals surface area contributed by atoms with Crippen LogP contribution >= 0.6 is 0 Å². The molecule has 0 nitrogen and oxygen atoms in total. The highest BCUT2D eigenvalue weighted by molar-refractivity contribution is 6.30. The van der Waals surface area contributed by atoms with E-state index in [1.165, 1.54) is 109 Å². The van der Waals surface area contributed by atoms with E-state index in [2.05, 4.69) is 194 Å². The lowest BCUT2D eigenvalue weighted by Gasteiger charge is -2.16. The normalized spacial score (nSPS) is 11.8. The maximum Gasteiger partial charge on any atom is -0.00143 e. The molecule has 0 atom stereocenters. The lowest BCUT2D eigenvalue weighted by molar-refractivity contribution is 1.62. The van der Waals surface area contributed by atoms with Gasteiger partial charge in [-0.25, -0.2) is 0 Å². The van der Waals surface area contributed by atoms with Crippen molar-refractivity contribution in [2.45, 2.75) is 0 Å². The van der Waals surface area contributed by atoms with Crippen LogP contribution in [0.2, 0.25) is 0 Å². The first kappa shape index (κ1) is 29.0. The van der Waals surface area contributed by atoms with Gasteiger partial charge in [0.15, 0.2) is 0 Å². The van der Waals surface area contributed by atoms with Gasteiger partial charge in [0.05, 0.1) is 0 Å². The Morgan fingerprint density at radius 2 is 0.673 bits per heavy atom. The van der Waals surface area contributed by atoms with E-state index in [0.717, 1.165) is 0 Å². The van der Waals surface area contributed by atoms with Crippen molar-refractivity contribution in [1.29, 1.82) is 0 Å². The van der Waals surface area contributed by atoms with Crippen molar-refractivity contribution >= 4 is 75.4 Å². The molecule has 240 valence electrons. The van der Waals surface area contributed by atoms with Gasteiger partial charge in [0.1, 0.15) is 0 Å². The molecule has 0 aliphatic rings. The molecule has 0 N–H and O–H groups in total. The summed E-state index contributed by atoms with van der Waals surface area (Å²) in [7, 11) is 0. The van der Waals surface area contributed by atoms with E-state index in [-0.39, 0.29) is 0 Å². The Kier molecular flexibility index (Phi) is 6.35. The minimum absolute atomic E-state index is 1.23. The summed E-state index contributed by atoms with van der Waals surface area (Å²) in [4.78, 5) is 0. The number of hydrogen-bond donors (Lipinski definition) is 0. The summed E-state index contributed by atoms with van der Waals surface area (Å²) in [6, 6.07) is 71.9. The number of rotatable bonds is 3. The standard InChI is InChI=1S/C52H32/c1-4-12-43-34(8-1)11-7-15-44(43)37-18-16-33(17-19-37)38-25-27-45-39(30-38)21-22-40-31-41(26-28-46(40)45)50-32-42-23-20-35-9-2-5-13-47(35)51(42)52-48-14-6-3-10-36(48)24-29-49(50)52/h1-32H. The Morgan fingerprint density at radius 1 is 0.192 bits per heavy atom. The monoisotopic (exact) mass is 656 g/mol. The molecule has 0 radical (unpaired) electrons. The van der Waals surface area contributed by atoms with Crippen molar-refractivity contribution in [3.63, 3.8) is 0 Å². The van der Waals surface area contributed by atoms with Gasteiger partial charge in [-0.15, -0.1) is 0 Å². The molecule has 0 fully saturated rings. The molecule has 0 heterocycles. The van der Waals surface area contributed by atoms with Crippen LogP contribution in [-0.2, 0) is 0 Å². The number of hydrogen-bond acceptors (Lipinski definition) is 0. The van der Waals surface area contributed by atoms with E-state index in [9.17, 15) is 0 Å². The molecule has 0 spiro atoms. The van der Waals surface area contributed by atoms with Crippen LogP contribution in [0, 0.1) is 0 Å². The maximum atomic E-state index is 2.40. The van der Waals surface area contributed by atoms with Crippen LogP contribution in [0.25, 0.3) is 109 Å². The van der Waals surface area contributed by atoms with E-state index >= 15 is 0 Å². The summed E-state index contributed by atoms with van der Waals surface area (Å²) in [6.07, 6.45) is 0. The molecule has 0 aliphatic carbocycles. The zero-order valence-corrected chi connectivity index (χ0v) is 28.5. The minimum atomic E-state index is 1.23. The fourth-order valence-corrected chi connectivity index (χ4v) is 8.66.